The van der Waals surface area contributed by atoms with Gasteiger partial charge < -0.3 is 10.2 Å². The van der Waals surface area contributed by atoms with Crippen molar-refractivity contribution < 1.29 is 9.59 Å². The van der Waals surface area contributed by atoms with Crippen LogP contribution in [0.25, 0.3) is 0 Å². The molecule has 6 heteroatoms. The number of carbonyl (C=O) groups is 2. The topological polar surface area (TPSA) is 49.4 Å². The van der Waals surface area contributed by atoms with E-state index in [9.17, 15) is 9.59 Å². The minimum Gasteiger partial charge on any atom is -0.357 e. The summed E-state index contributed by atoms with van der Waals surface area (Å²) in [6.07, 6.45) is 0.384. The summed E-state index contributed by atoms with van der Waals surface area (Å²) in [7, 11) is 1.59. The van der Waals surface area contributed by atoms with Crippen LogP contribution in [-0.2, 0) is 16.1 Å². The predicted octanol–water partition coefficient (Wildman–Crippen LogP) is 4.09. The SMILES string of the molecule is CNC(=O)C(C)N(Cc1cccc(Br)c1)C(=O)CCSc1ccccc1. The molecule has 2 rings (SSSR count). The van der Waals surface area contributed by atoms with E-state index >= 15 is 0 Å². The van der Waals surface area contributed by atoms with E-state index in [1.807, 2.05) is 54.6 Å². The lowest BCUT2D eigenvalue weighted by Gasteiger charge is -2.28. The second-order valence-electron chi connectivity index (χ2n) is 5.85. The van der Waals surface area contributed by atoms with Gasteiger partial charge in [0.1, 0.15) is 6.04 Å². The highest BCUT2D eigenvalue weighted by atomic mass is 79.9. The highest BCUT2D eigenvalue weighted by molar-refractivity contribution is 9.10. The van der Waals surface area contributed by atoms with Gasteiger partial charge >= 0.3 is 0 Å². The van der Waals surface area contributed by atoms with Crippen LogP contribution in [0.2, 0.25) is 0 Å². The molecule has 1 N–H and O–H groups in total. The first-order valence-corrected chi connectivity index (χ1v) is 10.2. The third kappa shape index (κ3) is 6.18. The van der Waals surface area contributed by atoms with Crippen molar-refractivity contribution in [2.45, 2.75) is 30.8 Å². The molecule has 0 saturated heterocycles. The van der Waals surface area contributed by atoms with Crippen molar-refractivity contribution in [1.29, 1.82) is 0 Å². The number of carbonyl (C=O) groups excluding carboxylic acids is 2. The zero-order chi connectivity index (χ0) is 18.9. The largest absolute Gasteiger partial charge is 0.357 e. The minimum atomic E-state index is -0.520. The van der Waals surface area contributed by atoms with E-state index in [1.165, 1.54) is 0 Å². The van der Waals surface area contributed by atoms with Crippen molar-refractivity contribution in [2.24, 2.45) is 0 Å². The zero-order valence-corrected chi connectivity index (χ0v) is 17.3. The number of hydrogen-bond acceptors (Lipinski definition) is 3. The molecule has 0 bridgehead atoms. The molecule has 4 nitrogen and oxygen atoms in total. The second-order valence-corrected chi connectivity index (χ2v) is 7.94. The van der Waals surface area contributed by atoms with Gasteiger partial charge in [0.25, 0.3) is 0 Å². The van der Waals surface area contributed by atoms with Gasteiger partial charge in [-0.2, -0.15) is 0 Å². The van der Waals surface area contributed by atoms with Crippen LogP contribution in [0.5, 0.6) is 0 Å². The van der Waals surface area contributed by atoms with E-state index in [0.29, 0.717) is 18.7 Å². The number of benzene rings is 2. The van der Waals surface area contributed by atoms with Crippen molar-refractivity contribution in [2.75, 3.05) is 12.8 Å². The number of amides is 2. The van der Waals surface area contributed by atoms with Crippen LogP contribution in [0, 0.1) is 0 Å². The van der Waals surface area contributed by atoms with E-state index in [-0.39, 0.29) is 11.8 Å². The van der Waals surface area contributed by atoms with Crippen molar-refractivity contribution in [3.63, 3.8) is 0 Å². The fraction of sp³-hybridized carbons (Fsp3) is 0.300. The quantitative estimate of drug-likeness (QED) is 0.636. The zero-order valence-electron chi connectivity index (χ0n) is 14.9. The predicted molar refractivity (Wildman–Crippen MR) is 110 cm³/mol. The fourth-order valence-corrected chi connectivity index (χ4v) is 3.85. The molecule has 2 aromatic carbocycles. The van der Waals surface area contributed by atoms with Gasteiger partial charge in [-0.25, -0.2) is 0 Å². The maximum absolute atomic E-state index is 12.8. The average molecular weight is 435 g/mol. The summed E-state index contributed by atoms with van der Waals surface area (Å²) < 4.78 is 0.953. The maximum Gasteiger partial charge on any atom is 0.242 e. The second kappa shape index (κ2) is 10.4. The van der Waals surface area contributed by atoms with Gasteiger partial charge in [0.05, 0.1) is 0 Å². The molecule has 0 spiro atoms. The van der Waals surface area contributed by atoms with Crippen molar-refractivity contribution in [3.8, 4) is 0 Å². The Balaban J connectivity index is 2.04. The molecule has 1 atom stereocenters. The van der Waals surface area contributed by atoms with Gasteiger partial charge in [-0.15, -0.1) is 11.8 Å². The van der Waals surface area contributed by atoms with Gasteiger partial charge in [-0.3, -0.25) is 9.59 Å². The third-order valence-corrected chi connectivity index (χ3v) is 5.49. The molecule has 0 aliphatic rings. The summed E-state index contributed by atoms with van der Waals surface area (Å²) in [5.74, 6) is 0.492. The van der Waals surface area contributed by atoms with Gasteiger partial charge in [-0.05, 0) is 36.8 Å². The van der Waals surface area contributed by atoms with Gasteiger partial charge in [0.2, 0.25) is 11.8 Å². The van der Waals surface area contributed by atoms with Crippen molar-refractivity contribution in [1.82, 2.24) is 10.2 Å². The number of rotatable bonds is 8. The normalized spacial score (nSPS) is 11.7. The first kappa shape index (κ1) is 20.5. The van der Waals surface area contributed by atoms with E-state index < -0.39 is 6.04 Å². The average Bonchev–Trinajstić information content (AvgIpc) is 2.65. The van der Waals surface area contributed by atoms with E-state index in [1.54, 1.807) is 30.6 Å². The standard InChI is InChI=1S/C20H23BrN2O2S/c1-15(20(25)22-2)23(14-16-7-6-8-17(21)13-16)19(24)11-12-26-18-9-4-3-5-10-18/h3-10,13,15H,11-12,14H2,1-2H3,(H,22,25). The molecular formula is C20H23BrN2O2S. The van der Waals surface area contributed by atoms with Gasteiger partial charge in [-0.1, -0.05) is 46.3 Å². The Labute approximate surface area is 167 Å². The molecule has 0 fully saturated rings. The summed E-state index contributed by atoms with van der Waals surface area (Å²) in [5, 5.41) is 2.63. The van der Waals surface area contributed by atoms with E-state index in [0.717, 1.165) is 14.9 Å². The van der Waals surface area contributed by atoms with Crippen LogP contribution < -0.4 is 5.32 Å². The highest BCUT2D eigenvalue weighted by Crippen LogP contribution is 2.20. The Kier molecular flexibility index (Phi) is 8.19. The number of halogens is 1. The monoisotopic (exact) mass is 434 g/mol. The van der Waals surface area contributed by atoms with Crippen LogP contribution in [0.1, 0.15) is 18.9 Å². The molecule has 0 heterocycles. The number of likely N-dealkylation sites (N-methyl/N-ethyl adjacent to an activating group) is 1. The summed E-state index contributed by atoms with van der Waals surface area (Å²) in [4.78, 5) is 27.7. The molecular weight excluding hydrogens is 412 g/mol. The Hall–Kier alpha value is -1.79. The van der Waals surface area contributed by atoms with Crippen LogP contribution >= 0.6 is 27.7 Å². The first-order valence-electron chi connectivity index (χ1n) is 8.44. The Morgan fingerprint density at radius 3 is 2.54 bits per heavy atom. The number of thioether (sulfide) groups is 1. The molecule has 0 radical (unpaired) electrons. The molecule has 0 saturated carbocycles. The van der Waals surface area contributed by atoms with Crippen LogP contribution in [0.4, 0.5) is 0 Å². The lowest BCUT2D eigenvalue weighted by atomic mass is 10.1. The molecule has 2 amide bonds. The Bertz CT molecular complexity index is 740. The number of nitrogens with zero attached hydrogens (tertiary/aromatic N) is 1. The summed E-state index contributed by atoms with van der Waals surface area (Å²) in [6.45, 7) is 2.17. The molecule has 0 aromatic heterocycles. The lowest BCUT2D eigenvalue weighted by molar-refractivity contribution is -0.140. The molecule has 138 valence electrons. The summed E-state index contributed by atoms with van der Waals surface area (Å²) in [6, 6.07) is 17.3. The number of nitrogens with one attached hydrogen (secondary N) is 1. The van der Waals surface area contributed by atoms with Crippen LogP contribution in [0.15, 0.2) is 64.0 Å². The van der Waals surface area contributed by atoms with E-state index in [4.69, 9.17) is 0 Å². The van der Waals surface area contributed by atoms with Crippen LogP contribution in [0.3, 0.4) is 0 Å². The molecule has 0 aliphatic heterocycles. The molecule has 0 aliphatic carbocycles. The molecule has 26 heavy (non-hydrogen) atoms. The van der Waals surface area contributed by atoms with Gasteiger partial charge in [0, 0.05) is 35.1 Å². The molecule has 1 unspecified atom stereocenters. The lowest BCUT2D eigenvalue weighted by Crippen LogP contribution is -2.46. The van der Waals surface area contributed by atoms with Gasteiger partial charge in [0.15, 0.2) is 0 Å². The third-order valence-electron chi connectivity index (χ3n) is 3.98. The minimum absolute atomic E-state index is 0.0236. The van der Waals surface area contributed by atoms with Crippen molar-refractivity contribution in [3.05, 3.63) is 64.6 Å². The van der Waals surface area contributed by atoms with Crippen molar-refractivity contribution >= 4 is 39.5 Å². The first-order chi connectivity index (χ1) is 12.5. The maximum atomic E-state index is 12.8. The number of hydrogen-bond donors (Lipinski definition) is 1. The Morgan fingerprint density at radius 2 is 1.88 bits per heavy atom. The fourth-order valence-electron chi connectivity index (χ4n) is 2.54. The highest BCUT2D eigenvalue weighted by Gasteiger charge is 2.25. The van der Waals surface area contributed by atoms with Crippen LogP contribution in [-0.4, -0.2) is 35.6 Å². The summed E-state index contributed by atoms with van der Waals surface area (Å²) in [5.41, 5.74) is 0.985. The summed E-state index contributed by atoms with van der Waals surface area (Å²) >= 11 is 5.10. The Morgan fingerprint density at radius 1 is 1.15 bits per heavy atom. The van der Waals surface area contributed by atoms with E-state index in [2.05, 4.69) is 21.2 Å². The smallest absolute Gasteiger partial charge is 0.242 e. The molecule has 2 aromatic rings.